The number of aliphatic hydroxyl groups is 1. The monoisotopic (exact) mass is 154 g/mol. The first kappa shape index (κ1) is 10.5. The molecular formula is C10H18O. The third-order valence-corrected chi connectivity index (χ3v) is 1.77. The Labute approximate surface area is 69.8 Å². The molecule has 1 unspecified atom stereocenters. The smallest absolute Gasteiger partial charge is 0.114 e. The molecule has 0 amide bonds. The molecule has 0 aromatic heterocycles. The number of hydrogen-bond acceptors (Lipinski definition) is 1. The summed E-state index contributed by atoms with van der Waals surface area (Å²) >= 11 is 0. The Bertz CT molecular complexity index is 113. The summed E-state index contributed by atoms with van der Waals surface area (Å²) in [6.45, 7) is 2.19. The molecule has 0 saturated heterocycles. The van der Waals surface area contributed by atoms with Crippen molar-refractivity contribution in [2.75, 3.05) is 0 Å². The molecule has 0 aromatic carbocycles. The van der Waals surface area contributed by atoms with Gasteiger partial charge in [-0.3, -0.25) is 0 Å². The van der Waals surface area contributed by atoms with Crippen molar-refractivity contribution in [3.05, 3.63) is 0 Å². The maximum absolute atomic E-state index is 8.98. The fourth-order valence-corrected chi connectivity index (χ4v) is 1.02. The maximum Gasteiger partial charge on any atom is 0.114 e. The lowest BCUT2D eigenvalue weighted by atomic mass is 10.1. The van der Waals surface area contributed by atoms with Crippen molar-refractivity contribution >= 4 is 0 Å². The zero-order valence-corrected chi connectivity index (χ0v) is 7.34. The summed E-state index contributed by atoms with van der Waals surface area (Å²) in [6, 6.07) is 0. The van der Waals surface area contributed by atoms with E-state index in [2.05, 4.69) is 12.8 Å². The van der Waals surface area contributed by atoms with Crippen LogP contribution in [0.4, 0.5) is 0 Å². The van der Waals surface area contributed by atoms with Crippen LogP contribution in [-0.2, 0) is 0 Å². The molecular weight excluding hydrogens is 136 g/mol. The molecule has 0 aliphatic rings. The van der Waals surface area contributed by atoms with Crippen LogP contribution in [0.15, 0.2) is 0 Å². The van der Waals surface area contributed by atoms with E-state index < -0.39 is 6.10 Å². The molecule has 1 heteroatoms. The quantitative estimate of drug-likeness (QED) is 0.460. The molecule has 64 valence electrons. The van der Waals surface area contributed by atoms with Crippen molar-refractivity contribution in [1.82, 2.24) is 0 Å². The Kier molecular flexibility index (Phi) is 7.29. The molecule has 0 fully saturated rings. The van der Waals surface area contributed by atoms with Crippen molar-refractivity contribution in [2.24, 2.45) is 0 Å². The number of rotatable bonds is 6. The molecule has 1 N–H and O–H groups in total. The molecule has 0 spiro atoms. The van der Waals surface area contributed by atoms with Gasteiger partial charge < -0.3 is 5.11 Å². The molecule has 0 aromatic rings. The summed E-state index contributed by atoms with van der Waals surface area (Å²) in [4.78, 5) is 0. The molecule has 1 atom stereocenters. The van der Waals surface area contributed by atoms with Crippen LogP contribution >= 0.6 is 0 Å². The predicted molar refractivity (Wildman–Crippen MR) is 48.2 cm³/mol. The van der Waals surface area contributed by atoms with Crippen LogP contribution in [0.3, 0.4) is 0 Å². The summed E-state index contributed by atoms with van der Waals surface area (Å²) in [5, 5.41) is 8.98. The summed E-state index contributed by atoms with van der Waals surface area (Å²) < 4.78 is 0. The average Bonchev–Trinajstić information content (AvgIpc) is 2.04. The zero-order chi connectivity index (χ0) is 8.53. The van der Waals surface area contributed by atoms with Gasteiger partial charge >= 0.3 is 0 Å². The van der Waals surface area contributed by atoms with E-state index in [9.17, 15) is 0 Å². The van der Waals surface area contributed by atoms with Gasteiger partial charge in [-0.25, -0.2) is 0 Å². The predicted octanol–water partition coefficient (Wildman–Crippen LogP) is 2.34. The van der Waals surface area contributed by atoms with Crippen molar-refractivity contribution in [3.63, 3.8) is 0 Å². The van der Waals surface area contributed by atoms with Crippen LogP contribution < -0.4 is 0 Å². The minimum absolute atomic E-state index is 0.517. The van der Waals surface area contributed by atoms with Gasteiger partial charge in [0.1, 0.15) is 6.10 Å². The van der Waals surface area contributed by atoms with Gasteiger partial charge in [0.15, 0.2) is 0 Å². The topological polar surface area (TPSA) is 20.2 Å². The maximum atomic E-state index is 8.98. The third kappa shape index (κ3) is 7.42. The third-order valence-electron chi connectivity index (χ3n) is 1.77. The highest BCUT2D eigenvalue weighted by Crippen LogP contribution is 2.06. The molecule has 0 radical (unpaired) electrons. The Hall–Kier alpha value is -0.480. The van der Waals surface area contributed by atoms with E-state index in [0.717, 1.165) is 12.8 Å². The molecule has 0 aliphatic heterocycles. The fourth-order valence-electron chi connectivity index (χ4n) is 1.02. The molecule has 0 heterocycles. The van der Waals surface area contributed by atoms with E-state index in [1.165, 1.54) is 25.7 Å². The highest BCUT2D eigenvalue weighted by Gasteiger charge is 1.96. The second-order valence-corrected chi connectivity index (χ2v) is 2.89. The summed E-state index contributed by atoms with van der Waals surface area (Å²) in [5.41, 5.74) is 0. The Morgan fingerprint density at radius 1 is 1.27 bits per heavy atom. The fraction of sp³-hybridized carbons (Fsp3) is 0.800. The molecule has 1 nitrogen and oxygen atoms in total. The lowest BCUT2D eigenvalue weighted by molar-refractivity contribution is 0.217. The zero-order valence-electron chi connectivity index (χ0n) is 7.34. The van der Waals surface area contributed by atoms with Gasteiger partial charge in [-0.15, -0.1) is 6.42 Å². The first-order valence-electron chi connectivity index (χ1n) is 4.45. The summed E-state index contributed by atoms with van der Waals surface area (Å²) in [5.74, 6) is 2.31. The van der Waals surface area contributed by atoms with Gasteiger partial charge in [0, 0.05) is 0 Å². The van der Waals surface area contributed by atoms with Gasteiger partial charge in [0.2, 0.25) is 0 Å². The second kappa shape index (κ2) is 7.63. The lowest BCUT2D eigenvalue weighted by Gasteiger charge is -2.01. The SMILES string of the molecule is C#CC(O)CCCCCCC. The molecule has 0 bridgehead atoms. The van der Waals surface area contributed by atoms with Crippen molar-refractivity contribution < 1.29 is 5.11 Å². The minimum Gasteiger partial charge on any atom is -0.380 e. The van der Waals surface area contributed by atoms with Crippen LogP contribution in [0.2, 0.25) is 0 Å². The highest BCUT2D eigenvalue weighted by molar-refractivity contribution is 4.92. The minimum atomic E-state index is -0.517. The van der Waals surface area contributed by atoms with Gasteiger partial charge in [-0.05, 0) is 12.8 Å². The number of terminal acetylenes is 1. The van der Waals surface area contributed by atoms with Crippen LogP contribution in [-0.4, -0.2) is 11.2 Å². The lowest BCUT2D eigenvalue weighted by Crippen LogP contribution is -2.01. The van der Waals surface area contributed by atoms with Gasteiger partial charge in [0.05, 0.1) is 0 Å². The van der Waals surface area contributed by atoms with Crippen molar-refractivity contribution in [3.8, 4) is 12.3 Å². The normalized spacial score (nSPS) is 12.5. The molecule has 0 aliphatic carbocycles. The van der Waals surface area contributed by atoms with Crippen LogP contribution in [0.25, 0.3) is 0 Å². The second-order valence-electron chi connectivity index (χ2n) is 2.89. The van der Waals surface area contributed by atoms with E-state index in [4.69, 9.17) is 11.5 Å². The van der Waals surface area contributed by atoms with E-state index in [-0.39, 0.29) is 0 Å². The van der Waals surface area contributed by atoms with Crippen molar-refractivity contribution in [2.45, 2.75) is 51.6 Å². The number of hydrogen-bond donors (Lipinski definition) is 1. The average molecular weight is 154 g/mol. The Morgan fingerprint density at radius 2 is 1.91 bits per heavy atom. The first-order chi connectivity index (χ1) is 5.31. The van der Waals surface area contributed by atoms with E-state index in [1.807, 2.05) is 0 Å². The van der Waals surface area contributed by atoms with Crippen molar-refractivity contribution in [1.29, 1.82) is 0 Å². The molecule has 0 rings (SSSR count). The van der Waals surface area contributed by atoms with E-state index >= 15 is 0 Å². The van der Waals surface area contributed by atoms with E-state index in [0.29, 0.717) is 0 Å². The van der Waals surface area contributed by atoms with Gasteiger partial charge in [-0.2, -0.15) is 0 Å². The molecule has 0 saturated carbocycles. The van der Waals surface area contributed by atoms with Crippen LogP contribution in [0.5, 0.6) is 0 Å². The number of aliphatic hydroxyl groups excluding tert-OH is 1. The van der Waals surface area contributed by atoms with Gasteiger partial charge in [0.25, 0.3) is 0 Å². The van der Waals surface area contributed by atoms with Crippen LogP contribution in [0, 0.1) is 12.3 Å². The Balaban J connectivity index is 2.97. The van der Waals surface area contributed by atoms with Crippen LogP contribution in [0.1, 0.15) is 45.4 Å². The summed E-state index contributed by atoms with van der Waals surface area (Å²) in [7, 11) is 0. The summed E-state index contributed by atoms with van der Waals surface area (Å²) in [6.07, 6.45) is 11.4. The van der Waals surface area contributed by atoms with E-state index in [1.54, 1.807) is 0 Å². The standard InChI is InChI=1S/C10H18O/c1-3-5-6-7-8-9-10(11)4-2/h2,10-11H,3,5-9H2,1H3. The molecule has 11 heavy (non-hydrogen) atoms. The number of unbranched alkanes of at least 4 members (excludes halogenated alkanes) is 4. The largest absolute Gasteiger partial charge is 0.380 e. The van der Waals surface area contributed by atoms with Gasteiger partial charge in [-0.1, -0.05) is 38.5 Å². The highest BCUT2D eigenvalue weighted by atomic mass is 16.3. The Morgan fingerprint density at radius 3 is 2.45 bits per heavy atom. The first-order valence-corrected chi connectivity index (χ1v) is 4.45.